The lowest BCUT2D eigenvalue weighted by Gasteiger charge is -2.11. The van der Waals surface area contributed by atoms with Gasteiger partial charge in [0.25, 0.3) is 5.92 Å². The van der Waals surface area contributed by atoms with E-state index < -0.39 is 23.8 Å². The fraction of sp³-hybridized carbons (Fsp3) is 0.312. The molecule has 0 N–H and O–H groups in total. The molecule has 1 fully saturated rings. The minimum Gasteiger partial charge on any atom is -0.317 e. The number of hydrogen-bond donors (Lipinski definition) is 0. The second kappa shape index (κ2) is 5.22. The van der Waals surface area contributed by atoms with Crippen LogP contribution in [0.25, 0.3) is 16.9 Å². The smallest absolute Gasteiger partial charge is 0.317 e. The molecule has 1 atom stereocenters. The van der Waals surface area contributed by atoms with Gasteiger partial charge in [0.2, 0.25) is 5.82 Å². The van der Waals surface area contributed by atoms with Crippen molar-refractivity contribution in [2.24, 2.45) is 0 Å². The standard InChI is InChI=1S/C16H12F4N4O/c1-25-16(19,20)14-23-22-13-7-21-12(8-24(13)14)10-4-2-9(3-5-10)11-6-15(11,17)18/h2-5,7-8,11H,6H2,1H3/t11-/m1/s1. The molecule has 0 unspecified atom stereocenters. The van der Waals surface area contributed by atoms with E-state index in [4.69, 9.17) is 0 Å². The lowest BCUT2D eigenvalue weighted by Crippen LogP contribution is -2.19. The van der Waals surface area contributed by atoms with Gasteiger partial charge >= 0.3 is 6.11 Å². The van der Waals surface area contributed by atoms with Crippen molar-refractivity contribution in [2.45, 2.75) is 24.4 Å². The van der Waals surface area contributed by atoms with Gasteiger partial charge in [-0.3, -0.25) is 9.38 Å². The molecule has 3 aromatic rings. The van der Waals surface area contributed by atoms with Gasteiger partial charge in [0.15, 0.2) is 5.65 Å². The van der Waals surface area contributed by atoms with Crippen LogP contribution in [0.5, 0.6) is 0 Å². The Morgan fingerprint density at radius 1 is 1.20 bits per heavy atom. The molecule has 5 nitrogen and oxygen atoms in total. The number of fused-ring (bicyclic) bond motifs is 1. The van der Waals surface area contributed by atoms with E-state index in [1.165, 1.54) is 12.4 Å². The Balaban J connectivity index is 1.71. The number of aromatic nitrogens is 4. The summed E-state index contributed by atoms with van der Waals surface area (Å²) in [5.74, 6) is -4.05. The summed E-state index contributed by atoms with van der Waals surface area (Å²) in [5, 5.41) is 7.09. The topological polar surface area (TPSA) is 52.3 Å². The minimum absolute atomic E-state index is 0.143. The third kappa shape index (κ3) is 2.64. The van der Waals surface area contributed by atoms with Crippen LogP contribution in [0.3, 0.4) is 0 Å². The summed E-state index contributed by atoms with van der Waals surface area (Å²) >= 11 is 0. The lowest BCUT2D eigenvalue weighted by molar-refractivity contribution is -0.237. The number of hydrogen-bond acceptors (Lipinski definition) is 4. The Morgan fingerprint density at radius 3 is 2.48 bits per heavy atom. The van der Waals surface area contributed by atoms with Gasteiger partial charge in [-0.1, -0.05) is 24.3 Å². The molecule has 0 radical (unpaired) electrons. The van der Waals surface area contributed by atoms with Crippen LogP contribution in [0.2, 0.25) is 0 Å². The van der Waals surface area contributed by atoms with Crippen LogP contribution in [0.15, 0.2) is 36.7 Å². The number of nitrogens with zero attached hydrogens (tertiary/aromatic N) is 4. The summed E-state index contributed by atoms with van der Waals surface area (Å²) in [4.78, 5) is 4.16. The monoisotopic (exact) mass is 352 g/mol. The molecule has 9 heteroatoms. The Morgan fingerprint density at radius 2 is 1.88 bits per heavy atom. The highest BCUT2D eigenvalue weighted by Gasteiger charge is 2.57. The Bertz CT molecular complexity index is 939. The lowest BCUT2D eigenvalue weighted by atomic mass is 10.1. The number of ether oxygens (including phenoxy) is 1. The second-order valence-electron chi connectivity index (χ2n) is 5.88. The van der Waals surface area contributed by atoms with Crippen molar-refractivity contribution in [3.05, 3.63) is 48.0 Å². The van der Waals surface area contributed by atoms with Crippen molar-refractivity contribution in [3.63, 3.8) is 0 Å². The maximum Gasteiger partial charge on any atom is 0.417 e. The highest BCUT2D eigenvalue weighted by molar-refractivity contribution is 5.60. The first kappa shape index (κ1) is 15.9. The van der Waals surface area contributed by atoms with Crippen molar-refractivity contribution >= 4 is 5.65 Å². The molecule has 0 bridgehead atoms. The molecule has 130 valence electrons. The van der Waals surface area contributed by atoms with Crippen molar-refractivity contribution in [1.82, 2.24) is 19.6 Å². The van der Waals surface area contributed by atoms with Crippen molar-refractivity contribution in [2.75, 3.05) is 7.11 Å². The van der Waals surface area contributed by atoms with Gasteiger partial charge < -0.3 is 4.74 Å². The first-order valence-electron chi connectivity index (χ1n) is 7.44. The molecule has 0 amide bonds. The maximum atomic E-state index is 13.8. The fourth-order valence-electron chi connectivity index (χ4n) is 2.70. The van der Waals surface area contributed by atoms with Gasteiger partial charge in [0.1, 0.15) is 0 Å². The average Bonchev–Trinajstić information content (AvgIpc) is 3.04. The van der Waals surface area contributed by atoms with Crippen LogP contribution >= 0.6 is 0 Å². The molecule has 1 aromatic carbocycles. The highest BCUT2D eigenvalue weighted by atomic mass is 19.3. The van der Waals surface area contributed by atoms with E-state index in [9.17, 15) is 17.6 Å². The number of rotatable bonds is 4. The van der Waals surface area contributed by atoms with E-state index >= 15 is 0 Å². The summed E-state index contributed by atoms with van der Waals surface area (Å²) < 4.78 is 59.0. The first-order chi connectivity index (χ1) is 11.8. The van der Waals surface area contributed by atoms with Gasteiger partial charge in [-0.2, -0.15) is 8.78 Å². The molecule has 1 aliphatic rings. The summed E-state index contributed by atoms with van der Waals surface area (Å²) in [6, 6.07) is 6.47. The largest absolute Gasteiger partial charge is 0.417 e. The van der Waals surface area contributed by atoms with E-state index in [0.717, 1.165) is 11.5 Å². The predicted octanol–water partition coefficient (Wildman–Crippen LogP) is 3.61. The summed E-state index contributed by atoms with van der Waals surface area (Å²) in [7, 11) is 0.871. The number of methoxy groups -OCH3 is 1. The molecule has 2 aromatic heterocycles. The van der Waals surface area contributed by atoms with E-state index in [1.807, 2.05) is 0 Å². The summed E-state index contributed by atoms with van der Waals surface area (Å²) in [6.07, 6.45) is -1.08. The van der Waals surface area contributed by atoms with E-state index in [2.05, 4.69) is 19.9 Å². The van der Waals surface area contributed by atoms with Gasteiger partial charge in [-0.15, -0.1) is 10.2 Å². The molecule has 4 rings (SSSR count). The van der Waals surface area contributed by atoms with E-state index in [0.29, 0.717) is 16.8 Å². The quantitative estimate of drug-likeness (QED) is 0.673. The summed E-state index contributed by atoms with van der Waals surface area (Å²) in [6.45, 7) is 0. The zero-order chi connectivity index (χ0) is 17.8. The Hall–Kier alpha value is -2.55. The average molecular weight is 352 g/mol. The summed E-state index contributed by atoms with van der Waals surface area (Å²) in [5.41, 5.74) is 1.68. The van der Waals surface area contributed by atoms with Crippen LogP contribution in [0.4, 0.5) is 17.6 Å². The molecule has 2 heterocycles. The van der Waals surface area contributed by atoms with Crippen molar-refractivity contribution < 1.29 is 22.3 Å². The predicted molar refractivity (Wildman–Crippen MR) is 79.4 cm³/mol. The molecule has 0 saturated heterocycles. The van der Waals surface area contributed by atoms with Gasteiger partial charge in [-0.25, -0.2) is 8.78 Å². The molecular formula is C16H12F4N4O. The SMILES string of the molecule is COC(F)(F)c1nnc2cnc(-c3ccc([C@H]4CC4(F)F)cc3)cn12. The van der Waals surface area contributed by atoms with Crippen LogP contribution < -0.4 is 0 Å². The van der Waals surface area contributed by atoms with Crippen LogP contribution in [-0.4, -0.2) is 32.6 Å². The van der Waals surface area contributed by atoms with Gasteiger partial charge in [0.05, 0.1) is 17.8 Å². The zero-order valence-electron chi connectivity index (χ0n) is 13.0. The highest BCUT2D eigenvalue weighted by Crippen LogP contribution is 2.55. The van der Waals surface area contributed by atoms with Crippen LogP contribution in [-0.2, 0) is 10.8 Å². The van der Waals surface area contributed by atoms with Crippen molar-refractivity contribution in [1.29, 1.82) is 0 Å². The van der Waals surface area contributed by atoms with E-state index in [1.54, 1.807) is 24.3 Å². The minimum atomic E-state index is -3.60. The number of halogens is 4. The second-order valence-corrected chi connectivity index (χ2v) is 5.88. The van der Waals surface area contributed by atoms with Gasteiger partial charge in [0, 0.05) is 25.3 Å². The third-order valence-electron chi connectivity index (χ3n) is 4.24. The number of benzene rings is 1. The molecule has 0 spiro atoms. The Labute approximate surface area is 139 Å². The molecule has 1 aliphatic carbocycles. The maximum absolute atomic E-state index is 13.8. The van der Waals surface area contributed by atoms with Gasteiger partial charge in [-0.05, 0) is 5.56 Å². The van der Waals surface area contributed by atoms with Crippen LogP contribution in [0, 0.1) is 0 Å². The fourth-order valence-corrected chi connectivity index (χ4v) is 2.70. The van der Waals surface area contributed by atoms with Crippen LogP contribution in [0.1, 0.15) is 23.7 Å². The zero-order valence-corrected chi connectivity index (χ0v) is 13.0. The molecule has 25 heavy (non-hydrogen) atoms. The first-order valence-corrected chi connectivity index (χ1v) is 7.44. The van der Waals surface area contributed by atoms with E-state index in [-0.39, 0.29) is 12.1 Å². The molecule has 0 aliphatic heterocycles. The molecule has 1 saturated carbocycles. The Kier molecular flexibility index (Phi) is 3.33. The van der Waals surface area contributed by atoms with Crippen molar-refractivity contribution in [3.8, 4) is 11.3 Å². The number of alkyl halides is 4. The third-order valence-corrected chi connectivity index (χ3v) is 4.24. The normalized spacial score (nSPS) is 19.3. The molecular weight excluding hydrogens is 340 g/mol.